The first-order valence-corrected chi connectivity index (χ1v) is 5.94. The molecule has 0 fully saturated rings. The van der Waals surface area contributed by atoms with Crippen molar-refractivity contribution in [1.82, 2.24) is 0 Å². The number of likely N-dealkylation sites (N-methyl/N-ethyl adjacent to an activating group) is 1. The minimum atomic E-state index is -0.489. The molecule has 0 aromatic heterocycles. The minimum absolute atomic E-state index is 0.0267. The first-order valence-electron chi connectivity index (χ1n) is 5.94. The second kappa shape index (κ2) is 3.83. The normalized spacial score (nSPS) is 16.7. The minimum Gasteiger partial charge on any atom is -0.316 e. The molecule has 1 aliphatic rings. The quantitative estimate of drug-likeness (QED) is 0.759. The molecule has 1 heterocycles. The van der Waals surface area contributed by atoms with Gasteiger partial charge in [0.05, 0.1) is 5.41 Å². The summed E-state index contributed by atoms with van der Waals surface area (Å²) in [6, 6.07) is 5.71. The van der Waals surface area contributed by atoms with Crippen LogP contribution in [-0.2, 0) is 15.0 Å². The Morgan fingerprint density at radius 1 is 1.33 bits per heavy atom. The molecule has 0 saturated carbocycles. The van der Waals surface area contributed by atoms with Crippen molar-refractivity contribution in [2.75, 3.05) is 23.9 Å². The predicted molar refractivity (Wildman–Crippen MR) is 72.0 cm³/mol. The van der Waals surface area contributed by atoms with E-state index in [-0.39, 0.29) is 11.8 Å². The van der Waals surface area contributed by atoms with E-state index in [0.717, 1.165) is 16.9 Å². The average Bonchev–Trinajstić information content (AvgIpc) is 2.50. The molecule has 4 heteroatoms. The Morgan fingerprint density at radius 2 is 1.94 bits per heavy atom. The summed E-state index contributed by atoms with van der Waals surface area (Å²) < 4.78 is 0. The van der Waals surface area contributed by atoms with E-state index in [1.165, 1.54) is 6.92 Å². The Morgan fingerprint density at radius 3 is 2.50 bits per heavy atom. The third-order valence-electron chi connectivity index (χ3n) is 3.71. The van der Waals surface area contributed by atoms with Crippen molar-refractivity contribution in [2.45, 2.75) is 26.2 Å². The lowest BCUT2D eigenvalue weighted by Gasteiger charge is -2.18. The molecule has 0 radical (unpaired) electrons. The molecule has 96 valence electrons. The van der Waals surface area contributed by atoms with E-state index < -0.39 is 5.41 Å². The molecule has 1 aliphatic heterocycles. The summed E-state index contributed by atoms with van der Waals surface area (Å²) in [5.41, 5.74) is 2.21. The Bertz CT molecular complexity index is 535. The molecule has 0 N–H and O–H groups in total. The second-order valence-corrected chi connectivity index (χ2v) is 5.27. The number of fused-ring (bicyclic) bond motifs is 1. The van der Waals surface area contributed by atoms with Gasteiger partial charge >= 0.3 is 0 Å². The smallest absolute Gasteiger partial charge is 0.236 e. The number of carbonyl (C=O) groups excluding carboxylic acids is 2. The van der Waals surface area contributed by atoms with Crippen LogP contribution in [0.15, 0.2) is 18.2 Å². The first kappa shape index (κ1) is 12.6. The van der Waals surface area contributed by atoms with Crippen LogP contribution in [-0.4, -0.2) is 25.9 Å². The van der Waals surface area contributed by atoms with Gasteiger partial charge in [0, 0.05) is 32.4 Å². The summed E-state index contributed by atoms with van der Waals surface area (Å²) in [6.45, 7) is 5.37. The van der Waals surface area contributed by atoms with Crippen LogP contribution in [0.3, 0.4) is 0 Å². The van der Waals surface area contributed by atoms with E-state index >= 15 is 0 Å². The highest BCUT2D eigenvalue weighted by Gasteiger charge is 2.42. The maximum Gasteiger partial charge on any atom is 0.236 e. The van der Waals surface area contributed by atoms with E-state index in [1.807, 2.05) is 32.0 Å². The molecule has 18 heavy (non-hydrogen) atoms. The molecule has 0 saturated heterocycles. The fraction of sp³-hybridized carbons (Fsp3) is 0.429. The Kier molecular flexibility index (Phi) is 2.69. The van der Waals surface area contributed by atoms with Crippen molar-refractivity contribution in [2.24, 2.45) is 0 Å². The molecule has 0 unspecified atom stereocenters. The van der Waals surface area contributed by atoms with Crippen LogP contribution in [0.1, 0.15) is 26.3 Å². The number of hydrogen-bond acceptors (Lipinski definition) is 2. The van der Waals surface area contributed by atoms with Crippen LogP contribution in [0.25, 0.3) is 0 Å². The molecule has 0 aliphatic carbocycles. The molecular weight excluding hydrogens is 228 g/mol. The summed E-state index contributed by atoms with van der Waals surface area (Å²) in [5.74, 6) is 0.0568. The van der Waals surface area contributed by atoms with E-state index in [2.05, 4.69) is 0 Å². The Hall–Kier alpha value is -1.84. The van der Waals surface area contributed by atoms with Gasteiger partial charge < -0.3 is 9.80 Å². The largest absolute Gasteiger partial charge is 0.316 e. The molecular formula is C14H18N2O2. The van der Waals surface area contributed by atoms with E-state index in [0.29, 0.717) is 0 Å². The summed E-state index contributed by atoms with van der Waals surface area (Å²) >= 11 is 0. The van der Waals surface area contributed by atoms with E-state index in [4.69, 9.17) is 0 Å². The Balaban J connectivity index is 2.53. The van der Waals surface area contributed by atoms with Crippen molar-refractivity contribution >= 4 is 23.2 Å². The van der Waals surface area contributed by atoms with E-state index in [1.54, 1.807) is 23.9 Å². The van der Waals surface area contributed by atoms with Gasteiger partial charge in [-0.25, -0.2) is 0 Å². The van der Waals surface area contributed by atoms with Gasteiger partial charge in [-0.05, 0) is 31.5 Å². The molecule has 1 aromatic carbocycles. The number of rotatable bonds is 1. The highest BCUT2D eigenvalue weighted by Crippen LogP contribution is 2.42. The number of anilines is 2. The van der Waals surface area contributed by atoms with Crippen LogP contribution in [0, 0.1) is 0 Å². The standard InChI is InChI=1S/C14H18N2O2/c1-9(17)15(4)10-6-7-11-12(8-10)16(5)13(18)14(11,2)3/h6-8H,1-5H3. The third kappa shape index (κ3) is 1.60. The average molecular weight is 246 g/mol. The molecule has 0 atom stereocenters. The van der Waals surface area contributed by atoms with E-state index in [9.17, 15) is 9.59 Å². The summed E-state index contributed by atoms with van der Waals surface area (Å²) in [6.07, 6.45) is 0. The number of nitrogens with zero attached hydrogens (tertiary/aromatic N) is 2. The maximum atomic E-state index is 12.1. The van der Waals surface area contributed by atoms with Crippen molar-refractivity contribution in [1.29, 1.82) is 0 Å². The van der Waals surface area contributed by atoms with Gasteiger partial charge in [-0.15, -0.1) is 0 Å². The van der Waals surface area contributed by atoms with Crippen molar-refractivity contribution in [3.05, 3.63) is 23.8 Å². The summed E-state index contributed by atoms with van der Waals surface area (Å²) in [7, 11) is 3.50. The zero-order valence-corrected chi connectivity index (χ0v) is 11.4. The van der Waals surface area contributed by atoms with Gasteiger partial charge in [0.15, 0.2) is 0 Å². The molecule has 2 amide bonds. The molecule has 0 spiro atoms. The predicted octanol–water partition coefficient (Wildman–Crippen LogP) is 1.92. The van der Waals surface area contributed by atoms with Crippen LogP contribution in [0.5, 0.6) is 0 Å². The van der Waals surface area contributed by atoms with Crippen LogP contribution in [0.2, 0.25) is 0 Å². The topological polar surface area (TPSA) is 40.6 Å². The SMILES string of the molecule is CC(=O)N(C)c1ccc2c(c1)N(C)C(=O)C2(C)C. The zero-order chi connectivity index (χ0) is 13.7. The third-order valence-corrected chi connectivity index (χ3v) is 3.71. The molecule has 4 nitrogen and oxygen atoms in total. The van der Waals surface area contributed by atoms with Gasteiger partial charge in [0.2, 0.25) is 11.8 Å². The maximum absolute atomic E-state index is 12.1. The van der Waals surface area contributed by atoms with Crippen LogP contribution < -0.4 is 9.80 Å². The van der Waals surface area contributed by atoms with Gasteiger partial charge in [-0.3, -0.25) is 9.59 Å². The monoisotopic (exact) mass is 246 g/mol. The number of carbonyl (C=O) groups is 2. The van der Waals surface area contributed by atoms with Crippen LogP contribution in [0.4, 0.5) is 11.4 Å². The lowest BCUT2D eigenvalue weighted by atomic mass is 9.86. The lowest BCUT2D eigenvalue weighted by Crippen LogP contribution is -2.33. The van der Waals surface area contributed by atoms with Crippen molar-refractivity contribution < 1.29 is 9.59 Å². The molecule has 1 aromatic rings. The zero-order valence-electron chi connectivity index (χ0n) is 11.4. The fourth-order valence-corrected chi connectivity index (χ4v) is 2.36. The Labute approximate surface area is 107 Å². The number of amides is 2. The summed E-state index contributed by atoms with van der Waals surface area (Å²) in [4.78, 5) is 26.7. The highest BCUT2D eigenvalue weighted by atomic mass is 16.2. The summed E-state index contributed by atoms with van der Waals surface area (Å²) in [5, 5.41) is 0. The number of benzene rings is 1. The second-order valence-electron chi connectivity index (χ2n) is 5.27. The van der Waals surface area contributed by atoms with Crippen molar-refractivity contribution in [3.63, 3.8) is 0 Å². The van der Waals surface area contributed by atoms with Gasteiger partial charge in [-0.1, -0.05) is 6.07 Å². The lowest BCUT2D eigenvalue weighted by molar-refractivity contribution is -0.121. The van der Waals surface area contributed by atoms with Gasteiger partial charge in [-0.2, -0.15) is 0 Å². The van der Waals surface area contributed by atoms with Gasteiger partial charge in [0.1, 0.15) is 0 Å². The highest BCUT2D eigenvalue weighted by molar-refractivity contribution is 6.08. The van der Waals surface area contributed by atoms with Crippen LogP contribution >= 0.6 is 0 Å². The van der Waals surface area contributed by atoms with Crippen molar-refractivity contribution in [3.8, 4) is 0 Å². The van der Waals surface area contributed by atoms with Gasteiger partial charge in [0.25, 0.3) is 0 Å². The molecule has 2 rings (SSSR count). The first-order chi connectivity index (χ1) is 8.26. The fourth-order valence-electron chi connectivity index (χ4n) is 2.36. The number of hydrogen-bond donors (Lipinski definition) is 0. The molecule has 0 bridgehead atoms.